The van der Waals surface area contributed by atoms with Crippen LogP contribution in [-0.2, 0) is 6.18 Å². The first kappa shape index (κ1) is 16.4. The van der Waals surface area contributed by atoms with Crippen LogP contribution in [0.15, 0.2) is 40.9 Å². The first-order valence-electron chi connectivity index (χ1n) is 5.66. The minimum Gasteiger partial charge on any atom is -0.206 e. The van der Waals surface area contributed by atoms with Crippen molar-refractivity contribution in [3.05, 3.63) is 69.2 Å². The van der Waals surface area contributed by atoms with Gasteiger partial charge in [0.05, 0.1) is 14.9 Å². The summed E-state index contributed by atoms with van der Waals surface area (Å²) in [4.78, 5) is -0.615. The van der Waals surface area contributed by atoms with Crippen LogP contribution in [0.3, 0.4) is 0 Å². The smallest absolute Gasteiger partial charge is 0.206 e. The molecule has 0 saturated carbocycles. The lowest BCUT2D eigenvalue weighted by molar-refractivity contribution is -0.140. The van der Waals surface area contributed by atoms with Crippen LogP contribution in [0.2, 0.25) is 0 Å². The molecule has 2 aromatic carbocycles. The molecule has 0 aliphatic heterocycles. The van der Waals surface area contributed by atoms with E-state index in [1.807, 2.05) is 0 Å². The molecule has 0 fully saturated rings. The third kappa shape index (κ3) is 3.63. The lowest BCUT2D eigenvalue weighted by Crippen LogP contribution is -2.09. The standard InChI is InChI=1S/C14H7Br2F5/c15-10-6-8(2-4-12(10)18)13(16)7-1-3-11(17)9(5-7)14(19,20)21/h1-6,13H. The molecule has 0 saturated heterocycles. The molecule has 112 valence electrons. The lowest BCUT2D eigenvalue weighted by Gasteiger charge is -2.15. The molecule has 1 unspecified atom stereocenters. The average molecular weight is 430 g/mol. The van der Waals surface area contributed by atoms with Gasteiger partial charge in [-0.05, 0) is 51.3 Å². The number of benzene rings is 2. The Morgan fingerprint density at radius 2 is 1.38 bits per heavy atom. The highest BCUT2D eigenvalue weighted by Crippen LogP contribution is 2.37. The molecule has 0 aliphatic rings. The molecule has 0 radical (unpaired) electrons. The summed E-state index contributed by atoms with van der Waals surface area (Å²) < 4.78 is 64.7. The summed E-state index contributed by atoms with van der Waals surface area (Å²) in [7, 11) is 0. The second kappa shape index (κ2) is 6.04. The van der Waals surface area contributed by atoms with Gasteiger partial charge in [0, 0.05) is 0 Å². The van der Waals surface area contributed by atoms with E-state index in [0.717, 1.165) is 12.1 Å². The monoisotopic (exact) mass is 428 g/mol. The number of rotatable bonds is 2. The fourth-order valence-electron chi connectivity index (χ4n) is 1.78. The SMILES string of the molecule is Fc1ccc(C(Br)c2ccc(F)c(C(F)(F)F)c2)cc1Br. The van der Waals surface area contributed by atoms with Crippen LogP contribution < -0.4 is 0 Å². The normalized spacial score (nSPS) is 13.3. The average Bonchev–Trinajstić information content (AvgIpc) is 2.40. The van der Waals surface area contributed by atoms with Crippen molar-refractivity contribution in [2.24, 2.45) is 0 Å². The van der Waals surface area contributed by atoms with Crippen LogP contribution in [0.4, 0.5) is 22.0 Å². The Morgan fingerprint density at radius 3 is 1.90 bits per heavy atom. The van der Waals surface area contributed by atoms with Crippen molar-refractivity contribution >= 4 is 31.9 Å². The zero-order chi connectivity index (χ0) is 15.8. The summed E-state index contributed by atoms with van der Waals surface area (Å²) in [6, 6.07) is 6.85. The van der Waals surface area contributed by atoms with E-state index in [-0.39, 0.29) is 10.0 Å². The van der Waals surface area contributed by atoms with Gasteiger partial charge in [-0.2, -0.15) is 13.2 Å². The highest BCUT2D eigenvalue weighted by atomic mass is 79.9. The Balaban J connectivity index is 2.44. The summed E-state index contributed by atoms with van der Waals surface area (Å²) in [6.45, 7) is 0. The van der Waals surface area contributed by atoms with Crippen molar-refractivity contribution in [2.75, 3.05) is 0 Å². The quantitative estimate of drug-likeness (QED) is 0.392. The third-order valence-corrected chi connectivity index (χ3v) is 4.49. The Kier molecular flexibility index (Phi) is 4.72. The minimum absolute atomic E-state index is 0.197. The van der Waals surface area contributed by atoms with Crippen molar-refractivity contribution in [2.45, 2.75) is 11.0 Å². The predicted octanol–water partition coefficient (Wildman–Crippen LogP) is 6.23. The molecule has 0 aromatic heterocycles. The summed E-state index contributed by atoms with van der Waals surface area (Å²) in [5.41, 5.74) is -0.559. The Bertz CT molecular complexity index is 667. The first-order valence-corrected chi connectivity index (χ1v) is 7.36. The van der Waals surface area contributed by atoms with Gasteiger partial charge >= 0.3 is 6.18 Å². The predicted molar refractivity (Wildman–Crippen MR) is 76.3 cm³/mol. The Hall–Kier alpha value is -0.950. The molecule has 0 N–H and O–H groups in total. The molecule has 0 nitrogen and oxygen atoms in total. The van der Waals surface area contributed by atoms with Crippen molar-refractivity contribution in [1.29, 1.82) is 0 Å². The second-order valence-electron chi connectivity index (χ2n) is 4.27. The fraction of sp³-hybridized carbons (Fsp3) is 0.143. The zero-order valence-electron chi connectivity index (χ0n) is 10.2. The van der Waals surface area contributed by atoms with E-state index >= 15 is 0 Å². The van der Waals surface area contributed by atoms with Gasteiger partial charge in [-0.15, -0.1) is 0 Å². The summed E-state index contributed by atoms with van der Waals surface area (Å²) in [6.07, 6.45) is -4.77. The maximum absolute atomic E-state index is 13.3. The molecule has 1 atom stereocenters. The summed E-state index contributed by atoms with van der Waals surface area (Å²) >= 11 is 6.25. The molecule has 0 bridgehead atoms. The number of hydrogen-bond acceptors (Lipinski definition) is 0. The van der Waals surface area contributed by atoms with Gasteiger partial charge in [-0.25, -0.2) is 8.78 Å². The molecular formula is C14H7Br2F5. The van der Waals surface area contributed by atoms with E-state index in [0.29, 0.717) is 5.56 Å². The molecule has 2 aromatic rings. The van der Waals surface area contributed by atoms with Gasteiger partial charge < -0.3 is 0 Å². The topological polar surface area (TPSA) is 0 Å². The van der Waals surface area contributed by atoms with Crippen molar-refractivity contribution in [3.63, 3.8) is 0 Å². The van der Waals surface area contributed by atoms with E-state index < -0.39 is 28.2 Å². The highest BCUT2D eigenvalue weighted by molar-refractivity contribution is 9.10. The Morgan fingerprint density at radius 1 is 0.857 bits per heavy atom. The minimum atomic E-state index is -4.77. The first-order chi connectivity index (χ1) is 9.70. The third-order valence-electron chi connectivity index (χ3n) is 2.82. The van der Waals surface area contributed by atoms with Crippen LogP contribution >= 0.6 is 31.9 Å². The summed E-state index contributed by atoms with van der Waals surface area (Å²) in [5, 5.41) is 0. The van der Waals surface area contributed by atoms with E-state index in [1.54, 1.807) is 0 Å². The van der Waals surface area contributed by atoms with Crippen LogP contribution in [0.5, 0.6) is 0 Å². The molecule has 0 amide bonds. The highest BCUT2D eigenvalue weighted by Gasteiger charge is 2.34. The molecule has 21 heavy (non-hydrogen) atoms. The van der Waals surface area contributed by atoms with E-state index in [2.05, 4.69) is 31.9 Å². The second-order valence-corrected chi connectivity index (χ2v) is 6.04. The van der Waals surface area contributed by atoms with E-state index in [9.17, 15) is 22.0 Å². The van der Waals surface area contributed by atoms with Crippen molar-refractivity contribution < 1.29 is 22.0 Å². The molecule has 0 aliphatic carbocycles. The van der Waals surface area contributed by atoms with Gasteiger partial charge in [0.2, 0.25) is 0 Å². The fourth-order valence-corrected chi connectivity index (χ4v) is 2.75. The van der Waals surface area contributed by atoms with Crippen molar-refractivity contribution in [1.82, 2.24) is 0 Å². The van der Waals surface area contributed by atoms with Crippen LogP contribution in [0, 0.1) is 11.6 Å². The van der Waals surface area contributed by atoms with Gasteiger partial charge in [-0.3, -0.25) is 0 Å². The van der Waals surface area contributed by atoms with Crippen LogP contribution in [0.25, 0.3) is 0 Å². The van der Waals surface area contributed by atoms with Crippen molar-refractivity contribution in [3.8, 4) is 0 Å². The number of alkyl halides is 4. The lowest BCUT2D eigenvalue weighted by atomic mass is 10.0. The van der Waals surface area contributed by atoms with Gasteiger partial charge in [0.1, 0.15) is 11.6 Å². The summed E-state index contributed by atoms with van der Waals surface area (Å²) in [5.74, 6) is -1.81. The molecule has 0 spiro atoms. The van der Waals surface area contributed by atoms with E-state index in [1.165, 1.54) is 24.3 Å². The molecule has 7 heteroatoms. The van der Waals surface area contributed by atoms with E-state index in [4.69, 9.17) is 0 Å². The zero-order valence-corrected chi connectivity index (χ0v) is 13.4. The molecule has 0 heterocycles. The van der Waals surface area contributed by atoms with Crippen LogP contribution in [0.1, 0.15) is 21.5 Å². The van der Waals surface area contributed by atoms with Gasteiger partial charge in [0.15, 0.2) is 0 Å². The maximum atomic E-state index is 13.3. The largest absolute Gasteiger partial charge is 0.419 e. The van der Waals surface area contributed by atoms with Crippen LogP contribution in [-0.4, -0.2) is 0 Å². The number of hydrogen-bond donors (Lipinski definition) is 0. The van der Waals surface area contributed by atoms with Gasteiger partial charge in [0.25, 0.3) is 0 Å². The molecular weight excluding hydrogens is 423 g/mol. The van der Waals surface area contributed by atoms with Gasteiger partial charge in [-0.1, -0.05) is 28.1 Å². The number of halogens is 7. The maximum Gasteiger partial charge on any atom is 0.419 e. The Labute approximate surface area is 134 Å². The molecule has 2 rings (SSSR count).